The predicted octanol–water partition coefficient (Wildman–Crippen LogP) is 1.29. The maximum Gasteiger partial charge on any atom is 0.417 e. The number of rotatable bonds is 2. The zero-order valence-corrected chi connectivity index (χ0v) is 10.3. The molecule has 0 aromatic heterocycles. The molecule has 2 rings (SSSR count). The largest absolute Gasteiger partial charge is 0.444 e. The van der Waals surface area contributed by atoms with Crippen molar-refractivity contribution in [2.24, 2.45) is 5.92 Å². The molecule has 0 spiro atoms. The van der Waals surface area contributed by atoms with Gasteiger partial charge in [0.1, 0.15) is 6.10 Å². The Balaban J connectivity index is 2.14. The second-order valence-corrected chi connectivity index (χ2v) is 5.01. The zero-order valence-electron chi connectivity index (χ0n) is 10.3. The van der Waals surface area contributed by atoms with E-state index in [0.29, 0.717) is 0 Å². The molecule has 1 saturated heterocycles. The van der Waals surface area contributed by atoms with Crippen LogP contribution >= 0.6 is 0 Å². The SMILES string of the molecule is C[C@H](O)[C@@H](C)C(=O)N1C(=O)O[C@@H]2CCCC[C@H]21. The number of amides is 2. The van der Waals surface area contributed by atoms with Gasteiger partial charge in [-0.2, -0.15) is 0 Å². The van der Waals surface area contributed by atoms with E-state index in [1.165, 1.54) is 4.90 Å². The summed E-state index contributed by atoms with van der Waals surface area (Å²) in [6.07, 6.45) is 2.28. The minimum atomic E-state index is -0.752. The maximum absolute atomic E-state index is 12.1. The molecule has 5 nitrogen and oxygen atoms in total. The van der Waals surface area contributed by atoms with Gasteiger partial charge in [-0.15, -0.1) is 0 Å². The summed E-state index contributed by atoms with van der Waals surface area (Å²) in [6.45, 7) is 3.19. The monoisotopic (exact) mass is 241 g/mol. The Morgan fingerprint density at radius 3 is 2.71 bits per heavy atom. The van der Waals surface area contributed by atoms with Crippen LogP contribution in [0.25, 0.3) is 0 Å². The fourth-order valence-corrected chi connectivity index (χ4v) is 2.51. The summed E-state index contributed by atoms with van der Waals surface area (Å²) in [7, 11) is 0. The van der Waals surface area contributed by atoms with E-state index >= 15 is 0 Å². The normalized spacial score (nSPS) is 31.7. The summed E-state index contributed by atoms with van der Waals surface area (Å²) in [5.41, 5.74) is 0. The van der Waals surface area contributed by atoms with Crippen LogP contribution in [0, 0.1) is 5.92 Å². The van der Waals surface area contributed by atoms with Crippen LogP contribution in [0.3, 0.4) is 0 Å². The van der Waals surface area contributed by atoms with Gasteiger partial charge in [0, 0.05) is 0 Å². The van der Waals surface area contributed by atoms with Gasteiger partial charge < -0.3 is 9.84 Å². The van der Waals surface area contributed by atoms with Crippen molar-refractivity contribution in [2.45, 2.75) is 57.8 Å². The summed E-state index contributed by atoms with van der Waals surface area (Å²) in [5, 5.41) is 9.43. The third-order valence-corrected chi connectivity index (χ3v) is 3.80. The van der Waals surface area contributed by atoms with E-state index in [9.17, 15) is 14.7 Å². The molecule has 0 unspecified atom stereocenters. The van der Waals surface area contributed by atoms with E-state index in [1.54, 1.807) is 13.8 Å². The molecule has 1 N–H and O–H groups in total. The van der Waals surface area contributed by atoms with Gasteiger partial charge in [-0.3, -0.25) is 4.79 Å². The number of carbonyl (C=O) groups excluding carboxylic acids is 2. The number of aliphatic hydroxyl groups is 1. The van der Waals surface area contributed by atoms with E-state index in [0.717, 1.165) is 25.7 Å². The lowest BCUT2D eigenvalue weighted by Gasteiger charge is -2.28. The Kier molecular flexibility index (Phi) is 3.38. The molecule has 0 aromatic carbocycles. The van der Waals surface area contributed by atoms with Crippen LogP contribution in [0.1, 0.15) is 39.5 Å². The lowest BCUT2D eigenvalue weighted by atomic mass is 9.91. The Hall–Kier alpha value is -1.10. The highest BCUT2D eigenvalue weighted by Gasteiger charge is 2.47. The first kappa shape index (κ1) is 12.4. The first-order valence-electron chi connectivity index (χ1n) is 6.24. The number of hydrogen-bond acceptors (Lipinski definition) is 4. The number of aliphatic hydroxyl groups excluding tert-OH is 1. The molecule has 2 fully saturated rings. The predicted molar refractivity (Wildman–Crippen MR) is 60.2 cm³/mol. The molecule has 2 amide bonds. The molecule has 0 bridgehead atoms. The van der Waals surface area contributed by atoms with Gasteiger partial charge in [0.25, 0.3) is 0 Å². The van der Waals surface area contributed by atoms with Crippen LogP contribution in [-0.4, -0.2) is 40.3 Å². The molecule has 1 aliphatic carbocycles. The third-order valence-electron chi connectivity index (χ3n) is 3.80. The maximum atomic E-state index is 12.1. The number of hydrogen-bond donors (Lipinski definition) is 1. The Morgan fingerprint density at radius 2 is 2.06 bits per heavy atom. The average Bonchev–Trinajstić information content (AvgIpc) is 2.62. The summed E-state index contributed by atoms with van der Waals surface area (Å²) in [4.78, 5) is 25.1. The first-order chi connectivity index (χ1) is 8.02. The van der Waals surface area contributed by atoms with Gasteiger partial charge in [0.15, 0.2) is 0 Å². The van der Waals surface area contributed by atoms with Gasteiger partial charge >= 0.3 is 6.09 Å². The minimum absolute atomic E-state index is 0.120. The van der Waals surface area contributed by atoms with Crippen molar-refractivity contribution in [1.29, 1.82) is 0 Å². The molecule has 17 heavy (non-hydrogen) atoms. The molecule has 5 heteroatoms. The van der Waals surface area contributed by atoms with Crippen LogP contribution in [0.2, 0.25) is 0 Å². The number of fused-ring (bicyclic) bond motifs is 1. The standard InChI is InChI=1S/C12H19NO4/c1-7(8(2)14)11(15)13-9-5-3-4-6-10(9)17-12(13)16/h7-10,14H,3-6H2,1-2H3/t7-,8+,9-,10-/m1/s1. The van der Waals surface area contributed by atoms with Gasteiger partial charge in [-0.05, 0) is 26.2 Å². The van der Waals surface area contributed by atoms with Gasteiger partial charge in [0.2, 0.25) is 5.91 Å². The molecule has 1 saturated carbocycles. The number of ether oxygens (including phenoxy) is 1. The highest BCUT2D eigenvalue weighted by molar-refractivity contribution is 5.95. The number of carbonyl (C=O) groups is 2. The lowest BCUT2D eigenvalue weighted by molar-refractivity contribution is -0.136. The van der Waals surface area contributed by atoms with Crippen molar-refractivity contribution in [3.8, 4) is 0 Å². The van der Waals surface area contributed by atoms with Crippen LogP contribution in [0.15, 0.2) is 0 Å². The van der Waals surface area contributed by atoms with E-state index in [2.05, 4.69) is 0 Å². The second-order valence-electron chi connectivity index (χ2n) is 5.01. The molecule has 0 aromatic rings. The summed E-state index contributed by atoms with van der Waals surface area (Å²) < 4.78 is 5.21. The molecular formula is C12H19NO4. The number of nitrogens with zero attached hydrogens (tertiary/aromatic N) is 1. The van der Waals surface area contributed by atoms with E-state index in [1.807, 2.05) is 0 Å². The lowest BCUT2D eigenvalue weighted by Crippen LogP contribution is -2.46. The van der Waals surface area contributed by atoms with Crippen molar-refractivity contribution in [2.75, 3.05) is 0 Å². The second kappa shape index (κ2) is 4.64. The smallest absolute Gasteiger partial charge is 0.417 e. The summed E-state index contributed by atoms with van der Waals surface area (Å²) in [6, 6.07) is -0.120. The van der Waals surface area contributed by atoms with Crippen molar-refractivity contribution in [3.05, 3.63) is 0 Å². The van der Waals surface area contributed by atoms with Crippen molar-refractivity contribution < 1.29 is 19.4 Å². The average molecular weight is 241 g/mol. The molecule has 0 radical (unpaired) electrons. The quantitative estimate of drug-likeness (QED) is 0.791. The van der Waals surface area contributed by atoms with Crippen LogP contribution in [0.4, 0.5) is 4.79 Å². The van der Waals surface area contributed by atoms with Gasteiger partial charge in [-0.25, -0.2) is 9.69 Å². The first-order valence-corrected chi connectivity index (χ1v) is 6.24. The Bertz CT molecular complexity index is 328. The summed E-state index contributed by atoms with van der Waals surface area (Å²) in [5.74, 6) is -0.886. The van der Waals surface area contributed by atoms with Crippen molar-refractivity contribution in [3.63, 3.8) is 0 Å². The molecule has 2 aliphatic rings. The van der Waals surface area contributed by atoms with Crippen molar-refractivity contribution in [1.82, 2.24) is 4.90 Å². The molecule has 4 atom stereocenters. The molecule has 1 heterocycles. The molecule has 1 aliphatic heterocycles. The fraction of sp³-hybridized carbons (Fsp3) is 0.833. The van der Waals surface area contributed by atoms with Crippen LogP contribution in [-0.2, 0) is 9.53 Å². The Morgan fingerprint density at radius 1 is 1.41 bits per heavy atom. The van der Waals surface area contributed by atoms with E-state index in [-0.39, 0.29) is 18.1 Å². The van der Waals surface area contributed by atoms with Crippen molar-refractivity contribution >= 4 is 12.0 Å². The fourth-order valence-electron chi connectivity index (χ4n) is 2.51. The van der Waals surface area contributed by atoms with E-state index in [4.69, 9.17) is 4.74 Å². The van der Waals surface area contributed by atoms with Gasteiger partial charge in [-0.1, -0.05) is 13.3 Å². The minimum Gasteiger partial charge on any atom is -0.444 e. The zero-order chi connectivity index (χ0) is 12.6. The molecule has 96 valence electrons. The van der Waals surface area contributed by atoms with Crippen LogP contribution in [0.5, 0.6) is 0 Å². The highest BCUT2D eigenvalue weighted by Crippen LogP contribution is 2.32. The number of imide groups is 1. The third kappa shape index (κ3) is 2.16. The molecular weight excluding hydrogens is 222 g/mol. The topological polar surface area (TPSA) is 66.8 Å². The van der Waals surface area contributed by atoms with Gasteiger partial charge in [0.05, 0.1) is 18.1 Å². The Labute approximate surface area is 101 Å². The highest BCUT2D eigenvalue weighted by atomic mass is 16.6. The van der Waals surface area contributed by atoms with Crippen LogP contribution < -0.4 is 0 Å². The van der Waals surface area contributed by atoms with E-state index < -0.39 is 18.1 Å². The summed E-state index contributed by atoms with van der Waals surface area (Å²) >= 11 is 0.